The first-order chi connectivity index (χ1) is 5.75. The maximum Gasteiger partial charge on any atom is 0.0423 e. The van der Waals surface area contributed by atoms with Gasteiger partial charge in [0.25, 0.3) is 0 Å². The summed E-state index contributed by atoms with van der Waals surface area (Å²) in [6.45, 7) is 0. The predicted octanol–water partition coefficient (Wildman–Crippen LogP) is 4.26. The summed E-state index contributed by atoms with van der Waals surface area (Å²) in [5.74, 6) is 0.709. The van der Waals surface area contributed by atoms with Crippen LogP contribution in [0.1, 0.15) is 30.7 Å². The van der Waals surface area contributed by atoms with Gasteiger partial charge in [-0.05, 0) is 42.5 Å². The van der Waals surface area contributed by atoms with Crippen LogP contribution in [0.3, 0.4) is 0 Å². The molecule has 0 unspecified atom stereocenters. The first-order valence-corrected chi connectivity index (χ1v) is 4.97. The summed E-state index contributed by atoms with van der Waals surface area (Å²) in [5, 5.41) is 1.51. The summed E-state index contributed by atoms with van der Waals surface area (Å²) in [7, 11) is 0. The van der Waals surface area contributed by atoms with Crippen molar-refractivity contribution in [3.8, 4) is 0 Å². The van der Waals surface area contributed by atoms with Gasteiger partial charge < -0.3 is 0 Å². The van der Waals surface area contributed by atoms with Crippen molar-refractivity contribution in [1.29, 1.82) is 0 Å². The fourth-order valence-electron chi connectivity index (χ4n) is 1.55. The molecular formula is C10H10Cl2. The van der Waals surface area contributed by atoms with Crippen LogP contribution >= 0.6 is 23.2 Å². The Kier molecular flexibility index (Phi) is 2.29. The van der Waals surface area contributed by atoms with Crippen LogP contribution in [0.15, 0.2) is 18.2 Å². The summed E-state index contributed by atoms with van der Waals surface area (Å²) >= 11 is 11.8. The van der Waals surface area contributed by atoms with Crippen LogP contribution in [0, 0.1) is 0 Å². The second-order valence-electron chi connectivity index (χ2n) is 3.33. The minimum absolute atomic E-state index is 0.709. The van der Waals surface area contributed by atoms with E-state index in [4.69, 9.17) is 23.2 Å². The van der Waals surface area contributed by atoms with Crippen molar-refractivity contribution in [2.45, 2.75) is 25.2 Å². The smallest absolute Gasteiger partial charge is 0.0423 e. The molecule has 1 saturated carbocycles. The van der Waals surface area contributed by atoms with Crippen LogP contribution in [0.4, 0.5) is 0 Å². The highest BCUT2D eigenvalue weighted by molar-refractivity contribution is 6.34. The lowest BCUT2D eigenvalue weighted by molar-refractivity contribution is 0.420. The van der Waals surface area contributed by atoms with E-state index in [1.54, 1.807) is 6.07 Å². The molecular weight excluding hydrogens is 191 g/mol. The third-order valence-electron chi connectivity index (χ3n) is 2.46. The van der Waals surface area contributed by atoms with E-state index in [9.17, 15) is 0 Å². The summed E-state index contributed by atoms with van der Waals surface area (Å²) < 4.78 is 0. The molecule has 1 aromatic carbocycles. The van der Waals surface area contributed by atoms with Crippen molar-refractivity contribution in [2.75, 3.05) is 0 Å². The van der Waals surface area contributed by atoms with Gasteiger partial charge in [0.15, 0.2) is 0 Å². The van der Waals surface area contributed by atoms with Crippen LogP contribution in [-0.2, 0) is 0 Å². The van der Waals surface area contributed by atoms with E-state index in [2.05, 4.69) is 0 Å². The van der Waals surface area contributed by atoms with Crippen molar-refractivity contribution < 1.29 is 0 Å². The molecule has 0 aliphatic heterocycles. The first kappa shape index (κ1) is 8.40. The fourth-order valence-corrected chi connectivity index (χ4v) is 2.10. The predicted molar refractivity (Wildman–Crippen MR) is 53.1 cm³/mol. The van der Waals surface area contributed by atoms with Crippen molar-refractivity contribution >= 4 is 23.2 Å². The Morgan fingerprint density at radius 3 is 2.00 bits per heavy atom. The van der Waals surface area contributed by atoms with Gasteiger partial charge in [-0.2, -0.15) is 0 Å². The molecule has 2 rings (SSSR count). The van der Waals surface area contributed by atoms with Crippen molar-refractivity contribution in [2.24, 2.45) is 0 Å². The molecule has 0 nitrogen and oxygen atoms in total. The van der Waals surface area contributed by atoms with Gasteiger partial charge in [0.2, 0.25) is 0 Å². The topological polar surface area (TPSA) is 0 Å². The highest BCUT2D eigenvalue weighted by Crippen LogP contribution is 2.38. The van der Waals surface area contributed by atoms with Gasteiger partial charge in [0, 0.05) is 10.0 Å². The number of hydrogen-bond donors (Lipinski definition) is 0. The molecule has 0 amide bonds. The zero-order chi connectivity index (χ0) is 8.55. The third kappa shape index (κ3) is 1.60. The lowest BCUT2D eigenvalue weighted by Gasteiger charge is -2.25. The Morgan fingerprint density at radius 1 is 1.00 bits per heavy atom. The molecule has 64 valence electrons. The van der Waals surface area contributed by atoms with E-state index >= 15 is 0 Å². The molecule has 0 bridgehead atoms. The molecule has 0 spiro atoms. The standard InChI is InChI=1S/C10H10Cl2/c11-9-4-8(5-10(12)6-9)7-2-1-3-7/h4-7H,1-3H2. The number of benzene rings is 1. The molecule has 0 radical (unpaired) electrons. The van der Waals surface area contributed by atoms with Crippen molar-refractivity contribution in [3.05, 3.63) is 33.8 Å². The normalized spacial score (nSPS) is 17.5. The van der Waals surface area contributed by atoms with Gasteiger partial charge in [0.05, 0.1) is 0 Å². The van der Waals surface area contributed by atoms with Crippen molar-refractivity contribution in [1.82, 2.24) is 0 Å². The lowest BCUT2D eigenvalue weighted by Crippen LogP contribution is -2.08. The minimum atomic E-state index is 0.709. The summed E-state index contributed by atoms with van der Waals surface area (Å²) in [6, 6.07) is 5.83. The van der Waals surface area contributed by atoms with Crippen LogP contribution < -0.4 is 0 Å². The van der Waals surface area contributed by atoms with Crippen molar-refractivity contribution in [3.63, 3.8) is 0 Å². The monoisotopic (exact) mass is 200 g/mol. The van der Waals surface area contributed by atoms with E-state index in [1.165, 1.54) is 24.8 Å². The molecule has 0 N–H and O–H groups in total. The van der Waals surface area contributed by atoms with E-state index in [0.29, 0.717) is 5.92 Å². The molecule has 2 heteroatoms. The molecule has 0 heterocycles. The molecule has 1 fully saturated rings. The van der Waals surface area contributed by atoms with Gasteiger partial charge in [0.1, 0.15) is 0 Å². The average Bonchev–Trinajstić information content (AvgIpc) is 1.79. The Morgan fingerprint density at radius 2 is 1.58 bits per heavy atom. The highest BCUT2D eigenvalue weighted by Gasteiger charge is 2.19. The fraction of sp³-hybridized carbons (Fsp3) is 0.400. The minimum Gasteiger partial charge on any atom is -0.0843 e. The van der Waals surface area contributed by atoms with Gasteiger partial charge in [-0.25, -0.2) is 0 Å². The molecule has 1 aliphatic rings. The Hall–Kier alpha value is -0.200. The average molecular weight is 201 g/mol. The van der Waals surface area contributed by atoms with E-state index in [1.807, 2.05) is 12.1 Å². The first-order valence-electron chi connectivity index (χ1n) is 4.22. The zero-order valence-corrected chi connectivity index (χ0v) is 8.20. The number of halogens is 2. The zero-order valence-electron chi connectivity index (χ0n) is 6.69. The van der Waals surface area contributed by atoms with E-state index in [0.717, 1.165) is 10.0 Å². The SMILES string of the molecule is Clc1cc(Cl)cc(C2CCC2)c1. The van der Waals surface area contributed by atoms with Gasteiger partial charge in [-0.1, -0.05) is 29.6 Å². The van der Waals surface area contributed by atoms with Crippen LogP contribution in [0.25, 0.3) is 0 Å². The molecule has 12 heavy (non-hydrogen) atoms. The summed E-state index contributed by atoms with van der Waals surface area (Å²) in [5.41, 5.74) is 1.30. The summed E-state index contributed by atoms with van der Waals surface area (Å²) in [4.78, 5) is 0. The highest BCUT2D eigenvalue weighted by atomic mass is 35.5. The molecule has 1 aliphatic carbocycles. The maximum atomic E-state index is 5.89. The maximum absolute atomic E-state index is 5.89. The lowest BCUT2D eigenvalue weighted by atomic mass is 9.80. The Labute approximate surface area is 82.5 Å². The molecule has 0 atom stereocenters. The number of rotatable bonds is 1. The van der Waals surface area contributed by atoms with Crippen LogP contribution in [0.5, 0.6) is 0 Å². The Bertz CT molecular complexity index is 270. The second-order valence-corrected chi connectivity index (χ2v) is 4.20. The summed E-state index contributed by atoms with van der Waals surface area (Å²) in [6.07, 6.45) is 3.92. The Balaban J connectivity index is 2.30. The van der Waals surface area contributed by atoms with Gasteiger partial charge in [-0.3, -0.25) is 0 Å². The molecule has 0 aromatic heterocycles. The van der Waals surface area contributed by atoms with Gasteiger partial charge in [-0.15, -0.1) is 0 Å². The van der Waals surface area contributed by atoms with E-state index in [-0.39, 0.29) is 0 Å². The quantitative estimate of drug-likeness (QED) is 0.636. The van der Waals surface area contributed by atoms with E-state index < -0.39 is 0 Å². The molecule has 1 aromatic rings. The molecule has 0 saturated heterocycles. The van der Waals surface area contributed by atoms with Gasteiger partial charge >= 0.3 is 0 Å². The number of hydrogen-bond acceptors (Lipinski definition) is 0. The third-order valence-corrected chi connectivity index (χ3v) is 2.90. The van der Waals surface area contributed by atoms with Crippen LogP contribution in [-0.4, -0.2) is 0 Å². The second kappa shape index (κ2) is 3.27. The van der Waals surface area contributed by atoms with Crippen LogP contribution in [0.2, 0.25) is 10.0 Å². The largest absolute Gasteiger partial charge is 0.0843 e.